The number of allylic oxidation sites excluding steroid dienone is 6. The Hall–Kier alpha value is -0.974. The van der Waals surface area contributed by atoms with Crippen molar-refractivity contribution in [3.8, 4) is 0 Å². The van der Waals surface area contributed by atoms with Gasteiger partial charge in [0.2, 0.25) is 0 Å². The summed E-state index contributed by atoms with van der Waals surface area (Å²) in [5.41, 5.74) is 0.843. The number of ether oxygens (including phenoxy) is 2. The molecule has 1 aliphatic rings. The van der Waals surface area contributed by atoms with Crippen LogP contribution < -0.4 is 5.11 Å². The SMILES string of the molecule is COC(OC)[Si]CCCCCC([O-])=C1C=CC=C1.[Fe+2].c1cc[cH-]c1. The number of methoxy groups -OCH3 is 2. The van der Waals surface area contributed by atoms with Crippen molar-refractivity contribution < 1.29 is 31.6 Å². The molecule has 0 unspecified atom stereocenters. The summed E-state index contributed by atoms with van der Waals surface area (Å²) in [6.07, 6.45) is 11.4. The largest absolute Gasteiger partial charge is 2.00 e. The minimum Gasteiger partial charge on any atom is -0.875 e. The van der Waals surface area contributed by atoms with E-state index in [0.29, 0.717) is 15.9 Å². The number of hydrogen-bond acceptors (Lipinski definition) is 3. The maximum absolute atomic E-state index is 11.7. The Morgan fingerprint density at radius 3 is 2.21 bits per heavy atom. The number of unbranched alkanes of at least 4 members (excludes halogenated alkanes) is 2. The fraction of sp³-hybridized carbons (Fsp3) is 0.421. The van der Waals surface area contributed by atoms with Gasteiger partial charge in [-0.25, -0.2) is 12.1 Å². The van der Waals surface area contributed by atoms with Gasteiger partial charge in [0.1, 0.15) is 15.4 Å². The first-order valence-electron chi connectivity index (χ1n) is 7.98. The van der Waals surface area contributed by atoms with Crippen molar-refractivity contribution >= 4 is 9.52 Å². The first-order chi connectivity index (χ1) is 11.3. The Bertz CT molecular complexity index is 446. The predicted molar refractivity (Wildman–Crippen MR) is 94.2 cm³/mol. The second-order valence-corrected chi connectivity index (χ2v) is 6.51. The second-order valence-electron chi connectivity index (χ2n) is 5.13. The summed E-state index contributed by atoms with van der Waals surface area (Å²) >= 11 is 0. The van der Waals surface area contributed by atoms with Crippen molar-refractivity contribution in [2.45, 2.75) is 37.6 Å². The quantitative estimate of drug-likeness (QED) is 0.215. The van der Waals surface area contributed by atoms with Crippen LogP contribution in [0.1, 0.15) is 25.7 Å². The van der Waals surface area contributed by atoms with E-state index >= 15 is 0 Å². The standard InChI is InChI=1S/C14H22O3Si.C5H5.Fe/c1-16-14(17-2)18-11-7-3-4-10-13(15)12-8-5-6-9-12;1-2-4-5-3-1;/h5-6,8-9,14-15H,3-4,7,10-11H2,1-2H3;1-5H;/q;-1;+2/p-1. The number of rotatable bonds is 9. The molecule has 0 amide bonds. The van der Waals surface area contributed by atoms with Gasteiger partial charge in [-0.2, -0.15) is 18.2 Å². The monoisotopic (exact) mass is 386 g/mol. The number of hydrogen-bond donors (Lipinski definition) is 0. The van der Waals surface area contributed by atoms with E-state index in [1.807, 2.05) is 54.6 Å². The van der Waals surface area contributed by atoms with Crippen molar-refractivity contribution in [3.63, 3.8) is 0 Å². The summed E-state index contributed by atoms with van der Waals surface area (Å²) in [6.45, 7) is 0. The molecule has 0 saturated heterocycles. The van der Waals surface area contributed by atoms with E-state index in [4.69, 9.17) is 9.47 Å². The third-order valence-corrected chi connectivity index (χ3v) is 4.81. The van der Waals surface area contributed by atoms with Crippen LogP contribution in [0.2, 0.25) is 6.04 Å². The molecular weight excluding hydrogens is 360 g/mol. The molecule has 0 fully saturated rings. The third-order valence-electron chi connectivity index (χ3n) is 3.36. The Kier molecular flexibility index (Phi) is 14.9. The zero-order valence-electron chi connectivity index (χ0n) is 14.4. The molecule has 0 saturated carbocycles. The Morgan fingerprint density at radius 2 is 1.71 bits per heavy atom. The summed E-state index contributed by atoms with van der Waals surface area (Å²) in [6, 6.07) is 11.1. The fourth-order valence-corrected chi connectivity index (χ4v) is 3.12. The molecule has 0 aliphatic heterocycles. The van der Waals surface area contributed by atoms with Gasteiger partial charge in [0, 0.05) is 14.2 Å². The van der Waals surface area contributed by atoms with Crippen LogP contribution in [0.3, 0.4) is 0 Å². The molecule has 1 aromatic carbocycles. The van der Waals surface area contributed by atoms with E-state index in [1.54, 1.807) is 14.2 Å². The fourth-order valence-electron chi connectivity index (χ4n) is 2.10. The van der Waals surface area contributed by atoms with Crippen molar-refractivity contribution in [1.82, 2.24) is 0 Å². The molecule has 2 radical (unpaired) electrons. The topological polar surface area (TPSA) is 41.5 Å². The van der Waals surface area contributed by atoms with Crippen LogP contribution in [0.5, 0.6) is 0 Å². The first kappa shape index (κ1) is 23.0. The van der Waals surface area contributed by atoms with Crippen LogP contribution in [-0.2, 0) is 26.5 Å². The molecule has 0 N–H and O–H groups in total. The van der Waals surface area contributed by atoms with E-state index in [0.717, 1.165) is 30.9 Å². The summed E-state index contributed by atoms with van der Waals surface area (Å²) in [5, 5.41) is 11.7. The van der Waals surface area contributed by atoms with Crippen LogP contribution in [0, 0.1) is 0 Å². The molecule has 2 rings (SSSR count). The maximum Gasteiger partial charge on any atom is 2.00 e. The van der Waals surface area contributed by atoms with Gasteiger partial charge in [0.05, 0.1) is 0 Å². The summed E-state index contributed by atoms with van der Waals surface area (Å²) in [5.74, 6) is 0.199. The van der Waals surface area contributed by atoms with E-state index in [1.165, 1.54) is 0 Å². The third kappa shape index (κ3) is 10.7. The summed E-state index contributed by atoms with van der Waals surface area (Å²) < 4.78 is 10.3. The molecule has 0 bridgehead atoms. The van der Waals surface area contributed by atoms with Gasteiger partial charge in [0.25, 0.3) is 0 Å². The van der Waals surface area contributed by atoms with Crippen molar-refractivity contribution in [1.29, 1.82) is 0 Å². The van der Waals surface area contributed by atoms with Gasteiger partial charge < -0.3 is 14.6 Å². The van der Waals surface area contributed by atoms with Gasteiger partial charge in [0.15, 0.2) is 0 Å². The molecule has 0 atom stereocenters. The van der Waals surface area contributed by atoms with Crippen LogP contribution in [0.15, 0.2) is 66.0 Å². The Balaban J connectivity index is 0.000000751. The minimum absolute atomic E-state index is 0. The summed E-state index contributed by atoms with van der Waals surface area (Å²) in [7, 11) is 4.01. The minimum atomic E-state index is -0.0593. The van der Waals surface area contributed by atoms with Crippen molar-refractivity contribution in [3.05, 3.63) is 66.0 Å². The average molecular weight is 386 g/mol. The molecule has 5 heteroatoms. The maximum atomic E-state index is 11.7. The van der Waals surface area contributed by atoms with Gasteiger partial charge in [-0.15, -0.1) is 5.76 Å². The van der Waals surface area contributed by atoms with Gasteiger partial charge in [-0.05, 0) is 12.0 Å². The zero-order chi connectivity index (χ0) is 16.8. The van der Waals surface area contributed by atoms with E-state index < -0.39 is 0 Å². The molecule has 1 aromatic rings. The first-order valence-corrected chi connectivity index (χ1v) is 9.27. The molecular formula is C19H26FeO3Si. The molecule has 0 aromatic heterocycles. The molecule has 3 nitrogen and oxygen atoms in total. The average Bonchev–Trinajstić information content (AvgIpc) is 3.29. The predicted octanol–water partition coefficient (Wildman–Crippen LogP) is 3.39. The van der Waals surface area contributed by atoms with Gasteiger partial charge >= 0.3 is 17.1 Å². The van der Waals surface area contributed by atoms with Crippen LogP contribution in [0.4, 0.5) is 0 Å². The molecule has 132 valence electrons. The van der Waals surface area contributed by atoms with E-state index in [9.17, 15) is 5.11 Å². The van der Waals surface area contributed by atoms with Crippen molar-refractivity contribution in [2.24, 2.45) is 0 Å². The van der Waals surface area contributed by atoms with E-state index in [-0.39, 0.29) is 28.7 Å². The Labute approximate surface area is 159 Å². The zero-order valence-corrected chi connectivity index (χ0v) is 16.5. The van der Waals surface area contributed by atoms with Gasteiger partial charge in [-0.3, -0.25) is 0 Å². The van der Waals surface area contributed by atoms with Crippen molar-refractivity contribution in [2.75, 3.05) is 14.2 Å². The molecule has 1 aliphatic carbocycles. The van der Waals surface area contributed by atoms with Crippen LogP contribution >= 0.6 is 0 Å². The smallest absolute Gasteiger partial charge is 0.875 e. The van der Waals surface area contributed by atoms with Gasteiger partial charge in [-0.1, -0.05) is 49.6 Å². The molecule has 0 spiro atoms. The normalized spacial score (nSPS) is 12.0. The van der Waals surface area contributed by atoms with Crippen LogP contribution in [0.25, 0.3) is 0 Å². The van der Waals surface area contributed by atoms with Crippen LogP contribution in [-0.4, -0.2) is 29.7 Å². The molecule has 24 heavy (non-hydrogen) atoms. The Morgan fingerprint density at radius 1 is 1.08 bits per heavy atom. The summed E-state index contributed by atoms with van der Waals surface area (Å²) in [4.78, 5) is 0. The second kappa shape index (κ2) is 15.5. The molecule has 0 heterocycles. The van der Waals surface area contributed by atoms with E-state index in [2.05, 4.69) is 0 Å².